The number of ether oxygens (including phenoxy) is 1. The van der Waals surface area contributed by atoms with Crippen molar-refractivity contribution in [3.05, 3.63) is 41.3 Å². The molecular formula is C27H36F3N7O4. The standard InChI is InChI=1S/C27H36F3N7O4/c1-15-4-6-17(7-5-15)24(34-23(38)12-19-10-16(2)35-36-19)25(39)33-22-11-18(8-9-31-22)20(14-41-3)37-13-21(27(28,29)30)32-26(37)40/h8-11,15,17,20-21,24H,4-7,12-14H2,1-3H3,(H,32,40)(H,34,38)(H,35,36)(H,31,33,39)/t15?,17?,20?,21-,24+/m0/s1. The van der Waals surface area contributed by atoms with Gasteiger partial charge in [-0.2, -0.15) is 18.3 Å². The number of hydrogen-bond acceptors (Lipinski definition) is 6. The Bertz CT molecular complexity index is 1230. The first kappa shape index (κ1) is 30.3. The third-order valence-electron chi connectivity index (χ3n) is 7.69. The summed E-state index contributed by atoms with van der Waals surface area (Å²) >= 11 is 0. The SMILES string of the molecule is COCC(c1ccnc(NC(=O)[C@H](NC(=O)Cc2cc(C)[nH]n2)C2CCC(C)CC2)c1)N1C[C@@H](C(F)(F)F)NC1=O. The molecule has 4 N–H and O–H groups in total. The fraction of sp³-hybridized carbons (Fsp3) is 0.593. The largest absolute Gasteiger partial charge is 0.410 e. The lowest BCUT2D eigenvalue weighted by atomic mass is 9.79. The minimum atomic E-state index is -4.59. The van der Waals surface area contributed by atoms with Gasteiger partial charge in [-0.1, -0.05) is 19.8 Å². The van der Waals surface area contributed by atoms with Gasteiger partial charge in [0.1, 0.15) is 17.9 Å². The molecule has 2 fully saturated rings. The first-order valence-electron chi connectivity index (χ1n) is 13.6. The van der Waals surface area contributed by atoms with E-state index in [0.29, 0.717) is 17.2 Å². The highest BCUT2D eigenvalue weighted by Crippen LogP contribution is 2.32. The van der Waals surface area contributed by atoms with Crippen molar-refractivity contribution in [3.8, 4) is 0 Å². The second-order valence-corrected chi connectivity index (χ2v) is 10.9. The minimum Gasteiger partial charge on any atom is -0.382 e. The fourth-order valence-electron chi connectivity index (χ4n) is 5.43. The molecular weight excluding hydrogens is 543 g/mol. The molecule has 1 saturated carbocycles. The first-order chi connectivity index (χ1) is 19.4. The number of aryl methyl sites for hydroxylation is 1. The molecule has 0 aromatic carbocycles. The number of halogens is 3. The lowest BCUT2D eigenvalue weighted by Gasteiger charge is -2.32. The van der Waals surface area contributed by atoms with E-state index in [9.17, 15) is 27.6 Å². The van der Waals surface area contributed by atoms with Gasteiger partial charge < -0.3 is 25.6 Å². The van der Waals surface area contributed by atoms with Gasteiger partial charge in [-0.15, -0.1) is 0 Å². The molecule has 2 aromatic heterocycles. The van der Waals surface area contributed by atoms with Gasteiger partial charge in [-0.05, 0) is 55.4 Å². The molecule has 14 heteroatoms. The van der Waals surface area contributed by atoms with E-state index in [0.717, 1.165) is 36.3 Å². The number of aromatic nitrogens is 3. The summed E-state index contributed by atoms with van der Waals surface area (Å²) < 4.78 is 45.0. The maximum Gasteiger partial charge on any atom is 0.410 e. The number of amides is 4. The molecule has 1 aliphatic carbocycles. The Morgan fingerprint density at radius 2 is 1.95 bits per heavy atom. The maximum absolute atomic E-state index is 13.5. The van der Waals surface area contributed by atoms with Crippen LogP contribution in [0.4, 0.5) is 23.8 Å². The number of pyridine rings is 1. The van der Waals surface area contributed by atoms with E-state index in [-0.39, 0.29) is 30.7 Å². The number of anilines is 1. The monoisotopic (exact) mass is 579 g/mol. The Hall–Kier alpha value is -3.68. The summed E-state index contributed by atoms with van der Waals surface area (Å²) in [6.45, 7) is 3.34. The maximum atomic E-state index is 13.5. The van der Waals surface area contributed by atoms with Crippen LogP contribution in [0.15, 0.2) is 24.4 Å². The van der Waals surface area contributed by atoms with Crippen LogP contribution >= 0.6 is 0 Å². The molecule has 3 heterocycles. The molecule has 2 aliphatic rings. The van der Waals surface area contributed by atoms with Crippen LogP contribution in [-0.2, 0) is 20.7 Å². The van der Waals surface area contributed by atoms with Crippen LogP contribution in [0.5, 0.6) is 0 Å². The van der Waals surface area contributed by atoms with Gasteiger partial charge in [0.15, 0.2) is 0 Å². The number of nitrogens with zero attached hydrogens (tertiary/aromatic N) is 3. The summed E-state index contributed by atoms with van der Waals surface area (Å²) in [7, 11) is 1.38. The second-order valence-electron chi connectivity index (χ2n) is 10.9. The number of urea groups is 1. The lowest BCUT2D eigenvalue weighted by Crippen LogP contribution is -2.50. The van der Waals surface area contributed by atoms with Crippen molar-refractivity contribution in [3.63, 3.8) is 0 Å². The van der Waals surface area contributed by atoms with Crippen LogP contribution in [0.1, 0.15) is 55.6 Å². The number of aromatic amines is 1. The van der Waals surface area contributed by atoms with E-state index in [2.05, 4.69) is 32.7 Å². The van der Waals surface area contributed by atoms with Gasteiger partial charge in [0.05, 0.1) is 31.3 Å². The molecule has 0 spiro atoms. The predicted octanol–water partition coefficient (Wildman–Crippen LogP) is 3.25. The van der Waals surface area contributed by atoms with Gasteiger partial charge in [-0.25, -0.2) is 9.78 Å². The third kappa shape index (κ3) is 7.75. The highest BCUT2D eigenvalue weighted by Gasteiger charge is 2.48. The number of hydrogen-bond donors (Lipinski definition) is 4. The molecule has 11 nitrogen and oxygen atoms in total. The van der Waals surface area contributed by atoms with E-state index in [1.807, 2.05) is 12.2 Å². The van der Waals surface area contributed by atoms with Crippen molar-refractivity contribution >= 4 is 23.7 Å². The topological polar surface area (TPSA) is 141 Å². The van der Waals surface area contributed by atoms with Gasteiger partial charge in [0.2, 0.25) is 11.8 Å². The molecule has 1 aliphatic heterocycles. The van der Waals surface area contributed by atoms with Crippen molar-refractivity contribution in [2.45, 2.75) is 70.3 Å². The molecule has 41 heavy (non-hydrogen) atoms. The van der Waals surface area contributed by atoms with E-state index < -0.39 is 42.8 Å². The zero-order valence-electron chi connectivity index (χ0n) is 23.3. The summed E-state index contributed by atoms with van der Waals surface area (Å²) in [5.74, 6) is -0.176. The van der Waals surface area contributed by atoms with Crippen LogP contribution < -0.4 is 16.0 Å². The van der Waals surface area contributed by atoms with Crippen molar-refractivity contribution < 1.29 is 32.3 Å². The van der Waals surface area contributed by atoms with E-state index >= 15 is 0 Å². The summed E-state index contributed by atoms with van der Waals surface area (Å²) in [6, 6.07) is 0.304. The number of carbonyl (C=O) groups is 3. The Labute approximate surface area is 236 Å². The Morgan fingerprint density at radius 1 is 1.22 bits per heavy atom. The molecule has 1 saturated heterocycles. The summed E-state index contributed by atoms with van der Waals surface area (Å²) in [4.78, 5) is 44.1. The quantitative estimate of drug-likeness (QED) is 0.341. The third-order valence-corrected chi connectivity index (χ3v) is 7.69. The highest BCUT2D eigenvalue weighted by atomic mass is 19.4. The van der Waals surface area contributed by atoms with Crippen LogP contribution in [0.25, 0.3) is 0 Å². The minimum absolute atomic E-state index is 0.0144. The molecule has 4 rings (SSSR count). The van der Waals surface area contributed by atoms with E-state index in [4.69, 9.17) is 4.74 Å². The zero-order valence-corrected chi connectivity index (χ0v) is 23.3. The van der Waals surface area contributed by atoms with Crippen molar-refractivity contribution in [1.29, 1.82) is 0 Å². The zero-order chi connectivity index (χ0) is 29.7. The van der Waals surface area contributed by atoms with Crippen LogP contribution in [0, 0.1) is 18.8 Å². The van der Waals surface area contributed by atoms with Crippen molar-refractivity contribution in [2.24, 2.45) is 11.8 Å². The molecule has 2 aromatic rings. The van der Waals surface area contributed by atoms with E-state index in [1.165, 1.54) is 19.4 Å². The average Bonchev–Trinajstić information content (AvgIpc) is 3.51. The highest BCUT2D eigenvalue weighted by molar-refractivity contribution is 5.97. The van der Waals surface area contributed by atoms with Gasteiger partial charge in [0.25, 0.3) is 0 Å². The van der Waals surface area contributed by atoms with Crippen LogP contribution in [0.3, 0.4) is 0 Å². The van der Waals surface area contributed by atoms with Crippen LogP contribution in [-0.4, -0.2) is 76.4 Å². The summed E-state index contributed by atoms with van der Waals surface area (Å²) in [5.41, 5.74) is 1.83. The number of carbonyl (C=O) groups excluding carboxylic acids is 3. The smallest absolute Gasteiger partial charge is 0.382 e. The van der Waals surface area contributed by atoms with Crippen molar-refractivity contribution in [1.82, 2.24) is 30.7 Å². The van der Waals surface area contributed by atoms with Gasteiger partial charge in [-0.3, -0.25) is 14.7 Å². The average molecular weight is 580 g/mol. The van der Waals surface area contributed by atoms with Crippen molar-refractivity contribution in [2.75, 3.05) is 25.6 Å². The van der Waals surface area contributed by atoms with E-state index in [1.54, 1.807) is 12.1 Å². The van der Waals surface area contributed by atoms with Crippen LogP contribution in [0.2, 0.25) is 0 Å². The number of methoxy groups -OCH3 is 1. The fourth-order valence-corrected chi connectivity index (χ4v) is 5.43. The van der Waals surface area contributed by atoms with Gasteiger partial charge in [0, 0.05) is 19.0 Å². The number of H-pyrrole nitrogens is 1. The second kappa shape index (κ2) is 12.9. The Morgan fingerprint density at radius 3 is 2.56 bits per heavy atom. The first-order valence-corrected chi connectivity index (χ1v) is 13.6. The molecule has 1 unspecified atom stereocenters. The normalized spacial score (nSPS) is 22.6. The molecule has 0 bridgehead atoms. The predicted molar refractivity (Wildman–Crippen MR) is 143 cm³/mol. The Kier molecular flexibility index (Phi) is 9.51. The number of rotatable bonds is 10. The summed E-state index contributed by atoms with van der Waals surface area (Å²) in [5, 5.41) is 14.5. The number of alkyl halides is 3. The Balaban J connectivity index is 1.50. The molecule has 4 amide bonds. The molecule has 224 valence electrons. The van der Waals surface area contributed by atoms with Gasteiger partial charge >= 0.3 is 12.2 Å². The lowest BCUT2D eigenvalue weighted by molar-refractivity contribution is -0.150. The summed E-state index contributed by atoms with van der Waals surface area (Å²) in [6.07, 6.45) is 0.243. The molecule has 0 radical (unpaired) electrons. The number of nitrogens with one attached hydrogen (secondary N) is 4. The molecule has 3 atom stereocenters.